The zero-order chi connectivity index (χ0) is 21.7. The number of thioether (sulfide) groups is 1. The Hall–Kier alpha value is -2.06. The lowest BCUT2D eigenvalue weighted by atomic mass is 10.1. The number of hydrogen-bond donors (Lipinski definition) is 3. The summed E-state index contributed by atoms with van der Waals surface area (Å²) >= 11 is 1.69. The van der Waals surface area contributed by atoms with Gasteiger partial charge in [0.1, 0.15) is 17.8 Å². The first-order chi connectivity index (χ1) is 14.3. The molecule has 2 aromatic heterocycles. The number of hydrogen-bond acceptors (Lipinski definition) is 10. The van der Waals surface area contributed by atoms with E-state index < -0.39 is 22.3 Å². The zero-order valence-electron chi connectivity index (χ0n) is 16.3. The Morgan fingerprint density at radius 1 is 1.47 bits per heavy atom. The van der Waals surface area contributed by atoms with Gasteiger partial charge in [0.25, 0.3) is 0 Å². The first kappa shape index (κ1) is 22.6. The molecule has 11 nitrogen and oxygen atoms in total. The third kappa shape index (κ3) is 5.98. The number of nitrogens with one attached hydrogen (secondary N) is 1. The van der Waals surface area contributed by atoms with E-state index in [1.54, 1.807) is 28.7 Å². The van der Waals surface area contributed by atoms with Gasteiger partial charge in [0.05, 0.1) is 18.3 Å². The Morgan fingerprint density at radius 2 is 2.27 bits per heavy atom. The van der Waals surface area contributed by atoms with Crippen molar-refractivity contribution in [1.29, 1.82) is 0 Å². The number of aliphatic hydroxyl groups is 1. The van der Waals surface area contributed by atoms with E-state index in [9.17, 15) is 18.3 Å². The molecular formula is C17H24N6O5S2. The van der Waals surface area contributed by atoms with Crippen LogP contribution in [0.5, 0.6) is 0 Å². The number of nitrogens with two attached hydrogens (primary N) is 1. The van der Waals surface area contributed by atoms with Crippen LogP contribution < -0.4 is 10.5 Å². The average molecular weight is 457 g/mol. The van der Waals surface area contributed by atoms with Crippen molar-refractivity contribution in [2.45, 2.75) is 31.5 Å². The Bertz CT molecular complexity index is 983. The number of carbonyl (C=O) groups excluding carboxylic acids is 1. The van der Waals surface area contributed by atoms with Gasteiger partial charge in [-0.25, -0.2) is 15.1 Å². The second-order valence-corrected chi connectivity index (χ2v) is 9.20. The summed E-state index contributed by atoms with van der Waals surface area (Å²) in [5.74, 6) is 0.498. The Kier molecular flexibility index (Phi) is 7.41. The van der Waals surface area contributed by atoms with Crippen LogP contribution in [0.2, 0.25) is 0 Å². The minimum absolute atomic E-state index is 0.207. The van der Waals surface area contributed by atoms with Crippen LogP contribution in [0.25, 0.3) is 0 Å². The van der Waals surface area contributed by atoms with Crippen LogP contribution in [0.3, 0.4) is 0 Å². The Morgan fingerprint density at radius 3 is 3.00 bits per heavy atom. The summed E-state index contributed by atoms with van der Waals surface area (Å²) in [4.78, 5) is 21.0. The lowest BCUT2D eigenvalue weighted by molar-refractivity contribution is 0.101. The highest BCUT2D eigenvalue weighted by molar-refractivity contribution is 7.98. The van der Waals surface area contributed by atoms with Gasteiger partial charge in [-0.1, -0.05) is 0 Å². The largest absolute Gasteiger partial charge is 0.393 e. The van der Waals surface area contributed by atoms with Crippen LogP contribution in [-0.2, 0) is 21.0 Å². The maximum Gasteiger partial charge on any atom is 0.333 e. The molecule has 0 aliphatic heterocycles. The smallest absolute Gasteiger partial charge is 0.333 e. The second-order valence-electron chi connectivity index (χ2n) is 6.99. The summed E-state index contributed by atoms with van der Waals surface area (Å²) in [5.41, 5.74) is 0.561. The highest BCUT2D eigenvalue weighted by atomic mass is 32.2. The first-order valence-electron chi connectivity index (χ1n) is 9.25. The molecule has 30 heavy (non-hydrogen) atoms. The minimum Gasteiger partial charge on any atom is -0.393 e. The van der Waals surface area contributed by atoms with E-state index in [4.69, 9.17) is 5.14 Å². The summed E-state index contributed by atoms with van der Waals surface area (Å²) < 4.78 is 28.3. The number of aliphatic hydroxyl groups excluding tert-OH is 1. The van der Waals surface area contributed by atoms with E-state index in [1.165, 1.54) is 12.5 Å². The number of ketones is 1. The molecule has 0 spiro atoms. The zero-order valence-corrected chi connectivity index (χ0v) is 18.0. The molecule has 1 fully saturated rings. The van der Waals surface area contributed by atoms with Crippen molar-refractivity contribution in [1.82, 2.24) is 19.7 Å². The minimum atomic E-state index is -4.07. The van der Waals surface area contributed by atoms with Crippen LogP contribution in [0.4, 0.5) is 5.82 Å². The van der Waals surface area contributed by atoms with E-state index in [2.05, 4.69) is 24.6 Å². The lowest BCUT2D eigenvalue weighted by Gasteiger charge is -2.15. The SMILES string of the molecule is CSCCn1ccc(C(=O)c2cncnc2N[C@@H]2C[C@H](COS(N)(=O)=O)[C@@H](O)C2)n1. The summed E-state index contributed by atoms with van der Waals surface area (Å²) in [6.07, 6.45) is 6.51. The Balaban J connectivity index is 1.68. The quantitative estimate of drug-likeness (QED) is 0.416. The lowest BCUT2D eigenvalue weighted by Crippen LogP contribution is -2.24. The van der Waals surface area contributed by atoms with E-state index in [0.717, 1.165) is 5.75 Å². The van der Waals surface area contributed by atoms with Crippen LogP contribution in [0, 0.1) is 5.92 Å². The van der Waals surface area contributed by atoms with E-state index in [1.807, 2.05) is 6.26 Å². The van der Waals surface area contributed by atoms with Crippen LogP contribution >= 0.6 is 11.8 Å². The second kappa shape index (κ2) is 9.83. The summed E-state index contributed by atoms with van der Waals surface area (Å²) in [5, 5.41) is 22.5. The number of rotatable bonds is 10. The van der Waals surface area contributed by atoms with Gasteiger partial charge in [-0.3, -0.25) is 13.7 Å². The van der Waals surface area contributed by atoms with Gasteiger partial charge < -0.3 is 10.4 Å². The summed E-state index contributed by atoms with van der Waals surface area (Å²) in [7, 11) is -4.07. The van der Waals surface area contributed by atoms with E-state index in [0.29, 0.717) is 30.9 Å². The monoisotopic (exact) mass is 456 g/mol. The van der Waals surface area contributed by atoms with Gasteiger partial charge >= 0.3 is 10.3 Å². The number of aryl methyl sites for hydroxylation is 1. The molecule has 13 heteroatoms. The van der Waals surface area contributed by atoms with Crippen molar-refractivity contribution >= 4 is 33.7 Å². The molecule has 4 N–H and O–H groups in total. The average Bonchev–Trinajstić information content (AvgIpc) is 3.30. The molecule has 1 saturated carbocycles. The first-order valence-corrected chi connectivity index (χ1v) is 12.1. The molecule has 0 saturated heterocycles. The van der Waals surface area contributed by atoms with Gasteiger partial charge in [0.15, 0.2) is 0 Å². The molecule has 2 aromatic rings. The van der Waals surface area contributed by atoms with Crippen molar-refractivity contribution in [2.75, 3.05) is 23.9 Å². The topological polar surface area (TPSA) is 162 Å². The highest BCUT2D eigenvalue weighted by Crippen LogP contribution is 2.29. The van der Waals surface area contributed by atoms with Crippen molar-refractivity contribution in [2.24, 2.45) is 11.1 Å². The number of nitrogens with zero attached hydrogens (tertiary/aromatic N) is 4. The molecule has 0 bridgehead atoms. The molecule has 1 aliphatic carbocycles. The van der Waals surface area contributed by atoms with Crippen LogP contribution in [0.1, 0.15) is 28.9 Å². The van der Waals surface area contributed by atoms with Gasteiger partial charge in [0, 0.05) is 36.7 Å². The fourth-order valence-electron chi connectivity index (χ4n) is 3.32. The Labute approximate surface area is 178 Å². The maximum atomic E-state index is 12.9. The van der Waals surface area contributed by atoms with Gasteiger partial charge in [-0.2, -0.15) is 25.3 Å². The molecule has 0 aromatic carbocycles. The molecule has 0 unspecified atom stereocenters. The third-order valence-electron chi connectivity index (χ3n) is 4.80. The van der Waals surface area contributed by atoms with Crippen LogP contribution in [-0.4, -0.2) is 69.8 Å². The van der Waals surface area contributed by atoms with Crippen LogP contribution in [0.15, 0.2) is 24.8 Å². The predicted molar refractivity (Wildman–Crippen MR) is 111 cm³/mol. The van der Waals surface area contributed by atoms with Crippen molar-refractivity contribution < 1.29 is 22.5 Å². The number of anilines is 1. The van der Waals surface area contributed by atoms with E-state index in [-0.39, 0.29) is 24.0 Å². The van der Waals surface area contributed by atoms with Gasteiger partial charge in [-0.05, 0) is 25.2 Å². The highest BCUT2D eigenvalue weighted by Gasteiger charge is 2.34. The predicted octanol–water partition coefficient (Wildman–Crippen LogP) is 0.0386. The summed E-state index contributed by atoms with van der Waals surface area (Å²) in [6, 6.07) is 1.43. The molecule has 1 aliphatic rings. The molecular weight excluding hydrogens is 432 g/mol. The number of aromatic nitrogens is 4. The van der Waals surface area contributed by atoms with E-state index >= 15 is 0 Å². The molecule has 164 valence electrons. The van der Waals surface area contributed by atoms with Crippen molar-refractivity contribution in [3.63, 3.8) is 0 Å². The maximum absolute atomic E-state index is 12.9. The summed E-state index contributed by atoms with van der Waals surface area (Å²) in [6.45, 7) is 0.494. The molecule has 2 heterocycles. The normalized spacial score (nSPS) is 21.6. The third-order valence-corrected chi connectivity index (χ3v) is 5.85. The standard InChI is InChI=1S/C17H24N6O5S2/c1-29-5-4-23-3-2-14(22-23)16(25)13-8-19-10-20-17(13)21-12-6-11(15(24)7-12)9-28-30(18,26)27/h2-3,8,10-12,15,24H,4-7,9H2,1H3,(H2,18,26,27)(H,19,20,21)/t11-,12-,15+/m1/s1. The molecule has 3 rings (SSSR count). The van der Waals surface area contributed by atoms with Gasteiger partial charge in [-0.15, -0.1) is 0 Å². The molecule has 0 amide bonds. The fraction of sp³-hybridized carbons (Fsp3) is 0.529. The molecule has 0 radical (unpaired) electrons. The fourth-order valence-corrected chi connectivity index (χ4v) is 4.05. The van der Waals surface area contributed by atoms with Crippen molar-refractivity contribution in [3.8, 4) is 0 Å². The number of carbonyl (C=O) groups is 1. The molecule has 3 atom stereocenters. The van der Waals surface area contributed by atoms with Gasteiger partial charge in [0.2, 0.25) is 5.78 Å². The van der Waals surface area contributed by atoms with Crippen molar-refractivity contribution in [3.05, 3.63) is 36.0 Å².